The Balaban J connectivity index is 0. The number of carboxylic acid groups (broad SMARTS) is 1. The summed E-state index contributed by atoms with van der Waals surface area (Å²) in [4.78, 5) is 29.7. The predicted molar refractivity (Wildman–Crippen MR) is 52.6 cm³/mol. The molecule has 1 unspecified atom stereocenters. The lowest BCUT2D eigenvalue weighted by Crippen LogP contribution is -2.26. The molecule has 0 saturated carbocycles. The molecule has 0 bridgehead atoms. The van der Waals surface area contributed by atoms with Crippen LogP contribution in [-0.4, -0.2) is 47.4 Å². The van der Waals surface area contributed by atoms with Crippen LogP contribution in [0.25, 0.3) is 0 Å². The Labute approximate surface area is 93.0 Å². The van der Waals surface area contributed by atoms with Gasteiger partial charge in [0.05, 0.1) is 6.61 Å². The molecule has 0 aliphatic rings. The topological polar surface area (TPSA) is 110 Å². The summed E-state index contributed by atoms with van der Waals surface area (Å²) in [7, 11) is 0. The maximum atomic E-state index is 10.4. The monoisotopic (exact) mass is 236 g/mol. The molecule has 0 radical (unpaired) electrons. The molecule has 0 aliphatic carbocycles. The number of esters is 2. The average Bonchev–Trinajstić information content (AvgIpc) is 2.10. The van der Waals surface area contributed by atoms with Crippen molar-refractivity contribution in [2.75, 3.05) is 13.2 Å². The van der Waals surface area contributed by atoms with E-state index >= 15 is 0 Å². The lowest BCUT2D eigenvalue weighted by Gasteiger charge is -2.13. The minimum Gasteiger partial charge on any atom is -0.481 e. The van der Waals surface area contributed by atoms with E-state index in [1.54, 1.807) is 0 Å². The molecule has 0 aliphatic heterocycles. The van der Waals surface area contributed by atoms with Crippen molar-refractivity contribution in [3.8, 4) is 0 Å². The maximum absolute atomic E-state index is 10.4. The molecular formula is C9H16O7. The standard InChI is InChI=1S/C7H12O5.C2H4O2/c1-5(9)11-4-7(3-8)12-6(2)10;1-2(3)4/h7-8H,3-4H2,1-2H3;1H3,(H,3,4). The van der Waals surface area contributed by atoms with Gasteiger partial charge in [0.15, 0.2) is 6.10 Å². The van der Waals surface area contributed by atoms with Crippen LogP contribution < -0.4 is 0 Å². The van der Waals surface area contributed by atoms with Gasteiger partial charge in [0, 0.05) is 20.8 Å². The van der Waals surface area contributed by atoms with E-state index < -0.39 is 24.0 Å². The number of carbonyl (C=O) groups is 3. The summed E-state index contributed by atoms with van der Waals surface area (Å²) in [6.45, 7) is 3.08. The van der Waals surface area contributed by atoms with Crippen LogP contribution in [0, 0.1) is 0 Å². The van der Waals surface area contributed by atoms with Crippen molar-refractivity contribution < 1.29 is 34.1 Å². The molecule has 7 nitrogen and oxygen atoms in total. The lowest BCUT2D eigenvalue weighted by molar-refractivity contribution is -0.158. The summed E-state index contributed by atoms with van der Waals surface area (Å²) in [5, 5.41) is 16.0. The highest BCUT2D eigenvalue weighted by Crippen LogP contribution is 1.93. The second kappa shape index (κ2) is 9.91. The zero-order valence-electron chi connectivity index (χ0n) is 9.43. The van der Waals surface area contributed by atoms with E-state index in [1.807, 2.05) is 0 Å². The molecule has 16 heavy (non-hydrogen) atoms. The van der Waals surface area contributed by atoms with Crippen LogP contribution >= 0.6 is 0 Å². The van der Waals surface area contributed by atoms with Crippen LogP contribution in [0.15, 0.2) is 0 Å². The van der Waals surface area contributed by atoms with Gasteiger partial charge in [0.25, 0.3) is 5.97 Å². The van der Waals surface area contributed by atoms with Crippen molar-refractivity contribution in [2.45, 2.75) is 26.9 Å². The van der Waals surface area contributed by atoms with Gasteiger partial charge in [0.2, 0.25) is 0 Å². The first-order valence-corrected chi connectivity index (χ1v) is 4.40. The second-order valence-electron chi connectivity index (χ2n) is 2.74. The summed E-state index contributed by atoms with van der Waals surface area (Å²) in [5.74, 6) is -1.82. The van der Waals surface area contributed by atoms with Crippen LogP contribution in [0.4, 0.5) is 0 Å². The molecule has 0 saturated heterocycles. The predicted octanol–water partition coefficient (Wildman–Crippen LogP) is -0.436. The number of rotatable bonds is 4. The number of aliphatic hydroxyl groups excluding tert-OH is 1. The second-order valence-corrected chi connectivity index (χ2v) is 2.74. The summed E-state index contributed by atoms with van der Waals surface area (Å²) >= 11 is 0. The Morgan fingerprint density at radius 2 is 1.56 bits per heavy atom. The first kappa shape index (κ1) is 16.8. The third kappa shape index (κ3) is 18.2. The first-order chi connectivity index (χ1) is 7.29. The molecule has 0 aromatic rings. The molecule has 0 amide bonds. The normalized spacial score (nSPS) is 10.5. The summed E-state index contributed by atoms with van der Waals surface area (Å²) < 4.78 is 9.10. The number of hydrogen-bond acceptors (Lipinski definition) is 6. The zero-order valence-corrected chi connectivity index (χ0v) is 9.43. The van der Waals surface area contributed by atoms with Gasteiger partial charge in [-0.05, 0) is 0 Å². The molecule has 0 aromatic carbocycles. The van der Waals surface area contributed by atoms with Gasteiger partial charge >= 0.3 is 11.9 Å². The quantitative estimate of drug-likeness (QED) is 0.637. The largest absolute Gasteiger partial charge is 0.481 e. The highest BCUT2D eigenvalue weighted by atomic mass is 16.6. The van der Waals surface area contributed by atoms with Gasteiger partial charge in [-0.25, -0.2) is 0 Å². The molecule has 0 aromatic heterocycles. The smallest absolute Gasteiger partial charge is 0.303 e. The fourth-order valence-electron chi connectivity index (χ4n) is 0.569. The number of carboxylic acids is 1. The Kier molecular flexibility index (Phi) is 10.4. The van der Waals surface area contributed by atoms with Gasteiger partial charge in [-0.2, -0.15) is 0 Å². The fourth-order valence-corrected chi connectivity index (χ4v) is 0.569. The van der Waals surface area contributed by atoms with Crippen molar-refractivity contribution in [3.63, 3.8) is 0 Å². The van der Waals surface area contributed by atoms with E-state index in [0.29, 0.717) is 0 Å². The number of hydrogen-bond donors (Lipinski definition) is 2. The van der Waals surface area contributed by atoms with E-state index in [-0.39, 0.29) is 13.2 Å². The summed E-state index contributed by atoms with van der Waals surface area (Å²) in [6, 6.07) is 0. The van der Waals surface area contributed by atoms with Crippen molar-refractivity contribution in [2.24, 2.45) is 0 Å². The van der Waals surface area contributed by atoms with E-state index in [4.69, 9.17) is 15.0 Å². The molecule has 7 heteroatoms. The Morgan fingerprint density at radius 3 is 1.81 bits per heavy atom. The van der Waals surface area contributed by atoms with Crippen molar-refractivity contribution >= 4 is 17.9 Å². The SMILES string of the molecule is CC(=O)O.CC(=O)OCC(CO)OC(C)=O. The molecule has 0 spiro atoms. The Hall–Kier alpha value is -1.63. The van der Waals surface area contributed by atoms with Crippen LogP contribution in [-0.2, 0) is 23.9 Å². The summed E-state index contributed by atoms with van der Waals surface area (Å²) in [6.07, 6.45) is -0.758. The van der Waals surface area contributed by atoms with E-state index in [9.17, 15) is 9.59 Å². The highest BCUT2D eigenvalue weighted by molar-refractivity contribution is 5.67. The minimum atomic E-state index is -0.833. The van der Waals surface area contributed by atoms with E-state index in [0.717, 1.165) is 6.92 Å². The fraction of sp³-hybridized carbons (Fsp3) is 0.667. The molecular weight excluding hydrogens is 220 g/mol. The van der Waals surface area contributed by atoms with Crippen molar-refractivity contribution in [1.82, 2.24) is 0 Å². The zero-order chi connectivity index (χ0) is 13.1. The van der Waals surface area contributed by atoms with Gasteiger partial charge in [-0.1, -0.05) is 0 Å². The summed E-state index contributed by atoms with van der Waals surface area (Å²) in [5.41, 5.74) is 0. The molecule has 0 rings (SSSR count). The third-order valence-electron chi connectivity index (χ3n) is 1.01. The van der Waals surface area contributed by atoms with Gasteiger partial charge in [0.1, 0.15) is 6.61 Å². The average molecular weight is 236 g/mol. The van der Waals surface area contributed by atoms with Crippen molar-refractivity contribution in [1.29, 1.82) is 0 Å². The number of ether oxygens (including phenoxy) is 2. The molecule has 1 atom stereocenters. The third-order valence-corrected chi connectivity index (χ3v) is 1.01. The van der Waals surface area contributed by atoms with E-state index in [2.05, 4.69) is 9.47 Å². The molecule has 0 heterocycles. The van der Waals surface area contributed by atoms with Gasteiger partial charge < -0.3 is 19.7 Å². The Morgan fingerprint density at radius 1 is 1.12 bits per heavy atom. The number of aliphatic hydroxyl groups is 1. The van der Waals surface area contributed by atoms with E-state index in [1.165, 1.54) is 13.8 Å². The van der Waals surface area contributed by atoms with Gasteiger partial charge in [-0.15, -0.1) is 0 Å². The maximum Gasteiger partial charge on any atom is 0.303 e. The van der Waals surface area contributed by atoms with Crippen LogP contribution in [0.1, 0.15) is 20.8 Å². The van der Waals surface area contributed by atoms with Crippen molar-refractivity contribution in [3.05, 3.63) is 0 Å². The van der Waals surface area contributed by atoms with Crippen LogP contribution in [0.2, 0.25) is 0 Å². The molecule has 94 valence electrons. The minimum absolute atomic E-state index is 0.106. The Bertz CT molecular complexity index is 232. The number of carbonyl (C=O) groups excluding carboxylic acids is 2. The number of aliphatic carboxylic acids is 1. The first-order valence-electron chi connectivity index (χ1n) is 4.40. The lowest BCUT2D eigenvalue weighted by atomic mass is 10.4. The molecule has 2 N–H and O–H groups in total. The highest BCUT2D eigenvalue weighted by Gasteiger charge is 2.11. The van der Waals surface area contributed by atoms with Crippen LogP contribution in [0.3, 0.4) is 0 Å². The molecule has 0 fully saturated rings. The van der Waals surface area contributed by atoms with Crippen LogP contribution in [0.5, 0.6) is 0 Å². The van der Waals surface area contributed by atoms with Gasteiger partial charge in [-0.3, -0.25) is 14.4 Å².